The highest BCUT2D eigenvalue weighted by molar-refractivity contribution is 9.11. The van der Waals surface area contributed by atoms with E-state index in [-0.39, 0.29) is 6.10 Å². The zero-order chi connectivity index (χ0) is 6.85. The van der Waals surface area contributed by atoms with Gasteiger partial charge in [-0.25, -0.2) is 0 Å². The minimum Gasteiger partial charge on any atom is -0.388 e. The predicted molar refractivity (Wildman–Crippen MR) is 42.7 cm³/mol. The van der Waals surface area contributed by atoms with Crippen molar-refractivity contribution in [1.29, 1.82) is 0 Å². The molecule has 1 aromatic rings. The molecule has 0 radical (unpaired) electrons. The number of rotatable bonds is 1. The van der Waals surface area contributed by atoms with Crippen LogP contribution in [0.25, 0.3) is 0 Å². The van der Waals surface area contributed by atoms with Crippen LogP contribution in [0.15, 0.2) is 15.9 Å². The van der Waals surface area contributed by atoms with Gasteiger partial charge in [-0.2, -0.15) is 0 Å². The Balaban J connectivity index is 2.85. The molecule has 1 aromatic heterocycles. The summed E-state index contributed by atoms with van der Waals surface area (Å²) in [4.78, 5) is 1.00. The van der Waals surface area contributed by atoms with E-state index in [1.54, 1.807) is 18.3 Å². The van der Waals surface area contributed by atoms with Crippen LogP contribution < -0.4 is 0 Å². The van der Waals surface area contributed by atoms with E-state index in [1.165, 1.54) is 0 Å². The molecule has 0 amide bonds. The second kappa shape index (κ2) is 2.82. The van der Waals surface area contributed by atoms with Crippen LogP contribution in [-0.4, -0.2) is 5.11 Å². The quantitative estimate of drug-likeness (QED) is 0.750. The van der Waals surface area contributed by atoms with E-state index in [0.717, 1.165) is 8.66 Å². The average molecular weight is 207 g/mol. The van der Waals surface area contributed by atoms with Gasteiger partial charge in [0.1, 0.15) is 0 Å². The van der Waals surface area contributed by atoms with Crippen molar-refractivity contribution in [3.63, 3.8) is 0 Å². The number of hydrogen-bond acceptors (Lipinski definition) is 2. The Bertz CT molecular complexity index is 195. The van der Waals surface area contributed by atoms with Crippen LogP contribution in [0.1, 0.15) is 17.9 Å². The summed E-state index contributed by atoms with van der Waals surface area (Å²) in [5.41, 5.74) is 0. The minimum atomic E-state index is -0.332. The molecule has 0 saturated carbocycles. The molecule has 3 heteroatoms. The van der Waals surface area contributed by atoms with E-state index in [9.17, 15) is 0 Å². The lowest BCUT2D eigenvalue weighted by molar-refractivity contribution is 0.203. The third kappa shape index (κ3) is 1.78. The SMILES string of the molecule is C[C@@H](O)c1ccc(Br)s1. The first-order valence-electron chi connectivity index (χ1n) is 2.63. The van der Waals surface area contributed by atoms with Crippen molar-refractivity contribution in [1.82, 2.24) is 0 Å². The predicted octanol–water partition coefficient (Wildman–Crippen LogP) is 2.56. The number of aliphatic hydroxyl groups excluding tert-OH is 1. The van der Waals surface area contributed by atoms with Crippen molar-refractivity contribution in [2.24, 2.45) is 0 Å². The lowest BCUT2D eigenvalue weighted by Crippen LogP contribution is -1.82. The van der Waals surface area contributed by atoms with Crippen molar-refractivity contribution in [3.8, 4) is 0 Å². The van der Waals surface area contributed by atoms with Gasteiger partial charge in [0, 0.05) is 4.88 Å². The number of halogens is 1. The van der Waals surface area contributed by atoms with Crippen molar-refractivity contribution >= 4 is 27.3 Å². The Morgan fingerprint density at radius 1 is 1.67 bits per heavy atom. The standard InChI is InChI=1S/C6H7BrOS/c1-4(8)5-2-3-6(7)9-5/h2-4,8H,1H3/t4-/m1/s1. The minimum absolute atomic E-state index is 0.332. The highest BCUT2D eigenvalue weighted by atomic mass is 79.9. The van der Waals surface area contributed by atoms with Crippen molar-refractivity contribution in [2.75, 3.05) is 0 Å². The summed E-state index contributed by atoms with van der Waals surface area (Å²) in [6.07, 6.45) is -0.332. The number of thiophene rings is 1. The molecule has 0 aliphatic carbocycles. The molecular formula is C6H7BrOS. The smallest absolute Gasteiger partial charge is 0.0854 e. The van der Waals surface area contributed by atoms with Gasteiger partial charge < -0.3 is 5.11 Å². The molecule has 1 rings (SSSR count). The largest absolute Gasteiger partial charge is 0.388 e. The summed E-state index contributed by atoms with van der Waals surface area (Å²) >= 11 is 4.87. The van der Waals surface area contributed by atoms with Crippen LogP contribution in [0.3, 0.4) is 0 Å². The van der Waals surface area contributed by atoms with Crippen LogP contribution in [0, 0.1) is 0 Å². The van der Waals surface area contributed by atoms with Gasteiger partial charge in [-0.05, 0) is 35.0 Å². The van der Waals surface area contributed by atoms with E-state index < -0.39 is 0 Å². The highest BCUT2D eigenvalue weighted by Crippen LogP contribution is 2.26. The van der Waals surface area contributed by atoms with Gasteiger partial charge in [-0.1, -0.05) is 0 Å². The lowest BCUT2D eigenvalue weighted by atomic mass is 10.3. The molecule has 1 nitrogen and oxygen atoms in total. The zero-order valence-electron chi connectivity index (χ0n) is 4.97. The Hall–Kier alpha value is 0.140. The Kier molecular flexibility index (Phi) is 2.27. The molecule has 0 aromatic carbocycles. The fourth-order valence-electron chi connectivity index (χ4n) is 0.553. The average Bonchev–Trinajstić information content (AvgIpc) is 2.14. The second-order valence-electron chi connectivity index (χ2n) is 1.82. The number of hydrogen-bond donors (Lipinski definition) is 1. The topological polar surface area (TPSA) is 20.2 Å². The van der Waals surface area contributed by atoms with E-state index in [4.69, 9.17) is 5.11 Å². The van der Waals surface area contributed by atoms with Crippen molar-refractivity contribution in [2.45, 2.75) is 13.0 Å². The van der Waals surface area contributed by atoms with Gasteiger partial charge in [-0.3, -0.25) is 0 Å². The summed E-state index contributed by atoms with van der Waals surface area (Å²) in [5.74, 6) is 0. The van der Waals surface area contributed by atoms with Gasteiger partial charge in [-0.15, -0.1) is 11.3 Å². The molecule has 1 atom stereocenters. The zero-order valence-corrected chi connectivity index (χ0v) is 7.37. The van der Waals surface area contributed by atoms with Gasteiger partial charge in [0.2, 0.25) is 0 Å². The molecule has 0 aliphatic rings. The molecular weight excluding hydrogens is 200 g/mol. The molecule has 9 heavy (non-hydrogen) atoms. The monoisotopic (exact) mass is 206 g/mol. The molecule has 1 heterocycles. The van der Waals surface area contributed by atoms with Crippen LogP contribution in [0.5, 0.6) is 0 Å². The van der Waals surface area contributed by atoms with E-state index in [2.05, 4.69) is 15.9 Å². The van der Waals surface area contributed by atoms with E-state index in [1.807, 2.05) is 12.1 Å². The first kappa shape index (κ1) is 7.25. The lowest BCUT2D eigenvalue weighted by Gasteiger charge is -1.95. The maximum atomic E-state index is 9.03. The first-order chi connectivity index (χ1) is 4.20. The fraction of sp³-hybridized carbons (Fsp3) is 0.333. The van der Waals surface area contributed by atoms with Gasteiger partial charge in [0.05, 0.1) is 9.89 Å². The fourth-order valence-corrected chi connectivity index (χ4v) is 1.91. The van der Waals surface area contributed by atoms with E-state index >= 15 is 0 Å². The Morgan fingerprint density at radius 3 is 2.56 bits per heavy atom. The summed E-state index contributed by atoms with van der Waals surface area (Å²) < 4.78 is 1.07. The highest BCUT2D eigenvalue weighted by Gasteiger charge is 2.01. The third-order valence-corrected chi connectivity index (χ3v) is 2.80. The van der Waals surface area contributed by atoms with Crippen LogP contribution in [0.4, 0.5) is 0 Å². The Labute approximate surface area is 66.5 Å². The van der Waals surface area contributed by atoms with Crippen LogP contribution in [0.2, 0.25) is 0 Å². The molecule has 0 saturated heterocycles. The van der Waals surface area contributed by atoms with Crippen LogP contribution in [-0.2, 0) is 0 Å². The maximum Gasteiger partial charge on any atom is 0.0854 e. The van der Waals surface area contributed by atoms with E-state index in [0.29, 0.717) is 0 Å². The molecule has 0 bridgehead atoms. The normalized spacial score (nSPS) is 13.7. The molecule has 0 spiro atoms. The van der Waals surface area contributed by atoms with Gasteiger partial charge in [0.15, 0.2) is 0 Å². The number of aliphatic hydroxyl groups is 1. The second-order valence-corrected chi connectivity index (χ2v) is 4.31. The summed E-state index contributed by atoms with van der Waals surface area (Å²) in [7, 11) is 0. The van der Waals surface area contributed by atoms with Gasteiger partial charge >= 0.3 is 0 Å². The molecule has 1 N–H and O–H groups in total. The van der Waals surface area contributed by atoms with Crippen LogP contribution >= 0.6 is 27.3 Å². The third-order valence-electron chi connectivity index (χ3n) is 1.01. The van der Waals surface area contributed by atoms with Crippen molar-refractivity contribution in [3.05, 3.63) is 20.8 Å². The summed E-state index contributed by atoms with van der Waals surface area (Å²) in [6.45, 7) is 1.76. The van der Waals surface area contributed by atoms with Gasteiger partial charge in [0.25, 0.3) is 0 Å². The molecule has 0 fully saturated rings. The maximum absolute atomic E-state index is 9.03. The molecule has 50 valence electrons. The molecule has 0 aliphatic heterocycles. The van der Waals surface area contributed by atoms with Crippen molar-refractivity contribution < 1.29 is 5.11 Å². The Morgan fingerprint density at radius 2 is 2.33 bits per heavy atom. The summed E-state index contributed by atoms with van der Waals surface area (Å²) in [6, 6.07) is 3.85. The summed E-state index contributed by atoms with van der Waals surface area (Å²) in [5, 5.41) is 9.03. The first-order valence-corrected chi connectivity index (χ1v) is 4.24. The molecule has 0 unspecified atom stereocenters.